The van der Waals surface area contributed by atoms with Crippen LogP contribution in [0.25, 0.3) is 11.2 Å². The van der Waals surface area contributed by atoms with Crippen LogP contribution in [-0.4, -0.2) is 49.2 Å². The maximum Gasteiger partial charge on any atom is 0.326 e. The van der Waals surface area contributed by atoms with Crippen molar-refractivity contribution in [2.24, 2.45) is 0 Å². The van der Waals surface area contributed by atoms with Gasteiger partial charge in [-0.2, -0.15) is 4.98 Å². The number of hydrogen-bond donors (Lipinski definition) is 5. The van der Waals surface area contributed by atoms with Gasteiger partial charge in [-0.25, -0.2) is 14.8 Å². The van der Waals surface area contributed by atoms with Crippen LogP contribution in [-0.2, 0) is 52.1 Å². The first-order valence-corrected chi connectivity index (χ1v) is 9.11. The van der Waals surface area contributed by atoms with E-state index in [1.807, 2.05) is 0 Å². The minimum atomic E-state index is -1.23. The van der Waals surface area contributed by atoms with Crippen molar-refractivity contribution in [2.75, 3.05) is 11.1 Å². The fourth-order valence-corrected chi connectivity index (χ4v) is 2.69. The van der Waals surface area contributed by atoms with Gasteiger partial charge in [-0.3, -0.25) is 20.9 Å². The van der Waals surface area contributed by atoms with Gasteiger partial charge in [-0.1, -0.05) is 0 Å². The van der Waals surface area contributed by atoms with Crippen LogP contribution >= 0.6 is 0 Å². The van der Waals surface area contributed by atoms with Gasteiger partial charge in [0.2, 0.25) is 5.95 Å². The number of nitrogen functional groups attached to an aromatic ring is 1. The molecule has 0 aliphatic heterocycles. The van der Waals surface area contributed by atoms with Crippen LogP contribution in [0.15, 0.2) is 35.3 Å². The molecule has 0 bridgehead atoms. The number of carboxylic acid groups (broad SMARTS) is 1. The number of nitrogens with one attached hydrogen (secondary N) is 3. The molecule has 33 heavy (non-hydrogen) atoms. The van der Waals surface area contributed by atoms with Gasteiger partial charge in [-0.15, -0.1) is 6.42 Å². The molecule has 3 rings (SSSR count). The summed E-state index contributed by atoms with van der Waals surface area (Å²) < 4.78 is 0. The van der Waals surface area contributed by atoms with Crippen LogP contribution < -0.4 is 21.9 Å². The Morgan fingerprint density at radius 2 is 1.91 bits per heavy atom. The number of amides is 1. The number of rotatable bonds is 9. The van der Waals surface area contributed by atoms with Crippen LogP contribution in [0, 0.1) is 0 Å². The van der Waals surface area contributed by atoms with E-state index in [4.69, 9.17) is 10.8 Å². The van der Waals surface area contributed by atoms with E-state index >= 15 is 0 Å². The van der Waals surface area contributed by atoms with Crippen LogP contribution in [0.2, 0.25) is 0 Å². The summed E-state index contributed by atoms with van der Waals surface area (Å²) in [6.45, 7) is 0.252. The quantitative estimate of drug-likeness (QED) is 0.179. The fourth-order valence-electron chi connectivity index (χ4n) is 2.69. The molecule has 0 radical (unpaired) electrons. The predicted molar refractivity (Wildman–Crippen MR) is 110 cm³/mol. The maximum absolute atomic E-state index is 12.2. The Morgan fingerprint density at radius 1 is 1.21 bits per heavy atom. The van der Waals surface area contributed by atoms with Gasteiger partial charge in [0, 0.05) is 47.2 Å². The maximum atomic E-state index is 12.2. The van der Waals surface area contributed by atoms with Gasteiger partial charge in [0.05, 0.1) is 18.4 Å². The van der Waals surface area contributed by atoms with Gasteiger partial charge >= 0.3 is 5.97 Å². The molecule has 6 N–H and O–H groups in total. The standard InChI is InChI=1S/C19H18N7O5.Ni.Zn/c20-19-25-15-14(17(29)26-19)23-12(9-22-15)8-21-11-5-3-10(4-6-11)16(28)24-13(18(30)31)2-1-7-27;;/h3-6,9,13,21H,1-2,8H2,(H,24,28)(H,30,31)(H3,20,22,25,26,29);;/q-1;;/t13-;;/m0../s1. The molecule has 12 nitrogen and oxygen atoms in total. The average Bonchev–Trinajstić information content (AvgIpc) is 2.75. The van der Waals surface area contributed by atoms with E-state index in [1.54, 1.807) is 18.4 Å². The van der Waals surface area contributed by atoms with Crippen molar-refractivity contribution < 1.29 is 55.5 Å². The Labute approximate surface area is 209 Å². The van der Waals surface area contributed by atoms with E-state index in [0.717, 1.165) is 0 Å². The van der Waals surface area contributed by atoms with Gasteiger partial charge in [0.25, 0.3) is 11.5 Å². The number of H-pyrrole nitrogens is 1. The van der Waals surface area contributed by atoms with Crippen molar-refractivity contribution in [2.45, 2.75) is 25.4 Å². The second-order valence-electron chi connectivity index (χ2n) is 6.46. The number of hydrogen-bond acceptors (Lipinski definition) is 9. The van der Waals surface area contributed by atoms with Crippen molar-refractivity contribution in [3.8, 4) is 0 Å². The number of carboxylic acids is 1. The summed E-state index contributed by atoms with van der Waals surface area (Å²) in [6.07, 6.45) is 2.94. The number of benzene rings is 1. The molecule has 0 fully saturated rings. The molecule has 0 spiro atoms. The van der Waals surface area contributed by atoms with E-state index in [0.29, 0.717) is 11.4 Å². The number of nitrogens with two attached hydrogens (primary N) is 1. The number of nitrogens with zero attached hydrogens (tertiary/aromatic N) is 3. The number of aliphatic carboxylic acids is 1. The SMILES string of the molecule is Nc1nc2ncc(CNc3ccc(C(=O)N[C@@H](CC[C-]=O)C(=O)O)cc3)nc2c(=O)[nH]1.[Ni].[Zn]. The molecule has 2 aromatic heterocycles. The zero-order valence-electron chi connectivity index (χ0n) is 17.1. The molecule has 0 aliphatic carbocycles. The summed E-state index contributed by atoms with van der Waals surface area (Å²) in [4.78, 5) is 60.2. The van der Waals surface area contributed by atoms with Crippen molar-refractivity contribution >= 4 is 41.0 Å². The van der Waals surface area contributed by atoms with Gasteiger partial charge < -0.3 is 26.3 Å². The van der Waals surface area contributed by atoms with Crippen molar-refractivity contribution in [1.82, 2.24) is 25.3 Å². The topological polar surface area (TPSA) is 193 Å². The van der Waals surface area contributed by atoms with Crippen LogP contribution in [0.4, 0.5) is 11.6 Å². The molecule has 1 amide bonds. The number of aromatic amines is 1. The Hall–Kier alpha value is -3.23. The number of aromatic nitrogens is 4. The van der Waals surface area contributed by atoms with Crippen LogP contribution in [0.3, 0.4) is 0 Å². The predicted octanol–water partition coefficient (Wildman–Crippen LogP) is -0.0247. The van der Waals surface area contributed by atoms with Crippen molar-refractivity contribution in [1.29, 1.82) is 0 Å². The average molecular weight is 548 g/mol. The Morgan fingerprint density at radius 3 is 2.55 bits per heavy atom. The Kier molecular flexibility index (Phi) is 10.7. The minimum Gasteiger partial charge on any atom is -0.542 e. The Bertz CT molecular complexity index is 1190. The normalized spacial score (nSPS) is 10.9. The summed E-state index contributed by atoms with van der Waals surface area (Å²) in [5.74, 6) is -1.84. The third-order valence-corrected chi connectivity index (χ3v) is 4.25. The van der Waals surface area contributed by atoms with Gasteiger partial charge in [0.15, 0.2) is 11.2 Å². The molecule has 2 heterocycles. The first kappa shape index (κ1) is 27.8. The molecule has 0 saturated heterocycles. The van der Waals surface area contributed by atoms with E-state index < -0.39 is 23.5 Å². The molecule has 0 aliphatic rings. The molecule has 1 atom stereocenters. The molecular formula is C19H18N7NiO5Zn-. The third-order valence-electron chi connectivity index (χ3n) is 4.25. The Balaban J connectivity index is 0.00000272. The summed E-state index contributed by atoms with van der Waals surface area (Å²) in [6, 6.07) is 5.13. The van der Waals surface area contributed by atoms with Crippen LogP contribution in [0.5, 0.6) is 0 Å². The monoisotopic (exact) mass is 546 g/mol. The second kappa shape index (κ2) is 12.7. The van der Waals surface area contributed by atoms with E-state index in [-0.39, 0.29) is 78.0 Å². The molecule has 14 heteroatoms. The van der Waals surface area contributed by atoms with Crippen molar-refractivity contribution in [3.63, 3.8) is 0 Å². The molecule has 0 unspecified atom stereocenters. The first-order valence-electron chi connectivity index (χ1n) is 9.11. The van der Waals surface area contributed by atoms with E-state index in [1.165, 1.54) is 18.3 Å². The summed E-state index contributed by atoms with van der Waals surface area (Å²) >= 11 is 0. The zero-order valence-corrected chi connectivity index (χ0v) is 21.1. The molecule has 0 saturated carbocycles. The number of anilines is 2. The minimum absolute atomic E-state index is 0. The molecular weight excluding hydrogens is 530 g/mol. The van der Waals surface area contributed by atoms with Crippen LogP contribution in [0.1, 0.15) is 28.9 Å². The fraction of sp³-hybridized carbons (Fsp3) is 0.211. The van der Waals surface area contributed by atoms with E-state index in [2.05, 4.69) is 30.6 Å². The van der Waals surface area contributed by atoms with Gasteiger partial charge in [0.1, 0.15) is 6.04 Å². The zero-order chi connectivity index (χ0) is 22.4. The summed E-state index contributed by atoms with van der Waals surface area (Å²) in [5, 5.41) is 14.6. The van der Waals surface area contributed by atoms with Crippen molar-refractivity contribution in [3.05, 3.63) is 52.1 Å². The number of fused-ring (bicyclic) bond motifs is 1. The largest absolute Gasteiger partial charge is 0.542 e. The summed E-state index contributed by atoms with van der Waals surface area (Å²) in [5.41, 5.74) is 6.61. The van der Waals surface area contributed by atoms with E-state index in [9.17, 15) is 19.2 Å². The number of carbonyl (C=O) groups is 2. The molecule has 1 aromatic carbocycles. The van der Waals surface area contributed by atoms with Gasteiger partial charge in [-0.05, 0) is 30.7 Å². The smallest absolute Gasteiger partial charge is 0.326 e. The summed E-state index contributed by atoms with van der Waals surface area (Å²) in [7, 11) is 0. The molecule has 3 aromatic rings. The first-order chi connectivity index (χ1) is 14.9. The number of carbonyl (C=O) groups excluding carboxylic acids is 2. The third kappa shape index (κ3) is 7.40. The molecule has 172 valence electrons. The second-order valence-corrected chi connectivity index (χ2v) is 6.46.